The van der Waals surface area contributed by atoms with Crippen LogP contribution in [0.4, 0.5) is 0 Å². The van der Waals surface area contributed by atoms with Crippen LogP contribution in [0.15, 0.2) is 0 Å². The summed E-state index contributed by atoms with van der Waals surface area (Å²) in [5.74, 6) is 0.862. The van der Waals surface area contributed by atoms with Crippen LogP contribution in [0.5, 0.6) is 0 Å². The minimum atomic E-state index is 0.381. The molecule has 3 heteroatoms. The van der Waals surface area contributed by atoms with Gasteiger partial charge in [-0.2, -0.15) is 0 Å². The third-order valence-corrected chi connectivity index (χ3v) is 5.12. The number of aromatic nitrogens is 1. The molecule has 2 rings (SSSR count). The van der Waals surface area contributed by atoms with Crippen molar-refractivity contribution in [3.63, 3.8) is 0 Å². The molecule has 0 saturated heterocycles. The Labute approximate surface area is 115 Å². The molecule has 0 aliphatic heterocycles. The Morgan fingerprint density at radius 3 is 2.39 bits per heavy atom. The van der Waals surface area contributed by atoms with Gasteiger partial charge < -0.3 is 5.32 Å². The van der Waals surface area contributed by atoms with Gasteiger partial charge in [-0.05, 0) is 46.5 Å². The second kappa shape index (κ2) is 6.16. The molecule has 1 aromatic rings. The molecule has 0 radical (unpaired) electrons. The Morgan fingerprint density at radius 2 is 1.83 bits per heavy atom. The third kappa shape index (κ3) is 3.33. The first-order valence-electron chi connectivity index (χ1n) is 7.28. The molecule has 0 bridgehead atoms. The summed E-state index contributed by atoms with van der Waals surface area (Å²) in [5, 5.41) is 4.95. The predicted molar refractivity (Wildman–Crippen MR) is 79.2 cm³/mol. The van der Waals surface area contributed by atoms with E-state index in [1.807, 2.05) is 11.3 Å². The van der Waals surface area contributed by atoms with Crippen LogP contribution in [0, 0.1) is 19.8 Å². The van der Waals surface area contributed by atoms with E-state index in [9.17, 15) is 0 Å². The van der Waals surface area contributed by atoms with E-state index < -0.39 is 0 Å². The van der Waals surface area contributed by atoms with Crippen molar-refractivity contribution in [1.82, 2.24) is 10.3 Å². The first-order valence-corrected chi connectivity index (χ1v) is 8.09. The maximum Gasteiger partial charge on any atom is 0.0900 e. The monoisotopic (exact) mass is 266 g/mol. The quantitative estimate of drug-likeness (QED) is 0.875. The fraction of sp³-hybridized carbons (Fsp3) is 0.800. The van der Waals surface area contributed by atoms with E-state index in [0.717, 1.165) is 5.92 Å². The number of hydrogen-bond donors (Lipinski definition) is 1. The van der Waals surface area contributed by atoms with Crippen molar-refractivity contribution in [3.05, 3.63) is 15.6 Å². The zero-order valence-electron chi connectivity index (χ0n) is 12.1. The number of rotatable bonds is 4. The van der Waals surface area contributed by atoms with E-state index in [2.05, 4.69) is 38.0 Å². The van der Waals surface area contributed by atoms with E-state index in [1.165, 1.54) is 47.7 Å². The molecule has 1 heterocycles. The molecule has 102 valence electrons. The van der Waals surface area contributed by atoms with Crippen molar-refractivity contribution in [2.45, 2.75) is 71.9 Å². The standard InChI is InChI=1S/C15H26N2S/c1-10(14-8-6-5-7-9-14)16-11(2)15-12(3)18-13(4)17-15/h10-11,14,16H,5-9H2,1-4H3/t10-,11?/m1/s1. The minimum Gasteiger partial charge on any atom is -0.306 e. The average Bonchev–Trinajstić information content (AvgIpc) is 2.69. The zero-order chi connectivity index (χ0) is 13.1. The smallest absolute Gasteiger partial charge is 0.0900 e. The van der Waals surface area contributed by atoms with Crippen molar-refractivity contribution in [1.29, 1.82) is 0 Å². The van der Waals surface area contributed by atoms with Gasteiger partial charge in [-0.3, -0.25) is 0 Å². The molecule has 1 fully saturated rings. The third-order valence-electron chi connectivity index (χ3n) is 4.22. The van der Waals surface area contributed by atoms with E-state index in [0.29, 0.717) is 12.1 Å². The topological polar surface area (TPSA) is 24.9 Å². The van der Waals surface area contributed by atoms with Gasteiger partial charge in [0.15, 0.2) is 0 Å². The van der Waals surface area contributed by atoms with Gasteiger partial charge in [0.25, 0.3) is 0 Å². The van der Waals surface area contributed by atoms with Gasteiger partial charge in [0.05, 0.1) is 10.7 Å². The van der Waals surface area contributed by atoms with Gasteiger partial charge in [0.2, 0.25) is 0 Å². The molecule has 2 atom stereocenters. The van der Waals surface area contributed by atoms with Crippen LogP contribution in [0.3, 0.4) is 0 Å². The molecule has 2 nitrogen and oxygen atoms in total. The summed E-state index contributed by atoms with van der Waals surface area (Å²) in [6.45, 7) is 8.88. The average molecular weight is 266 g/mol. The van der Waals surface area contributed by atoms with Crippen molar-refractivity contribution in [2.24, 2.45) is 5.92 Å². The van der Waals surface area contributed by atoms with Gasteiger partial charge in [0, 0.05) is 17.0 Å². The van der Waals surface area contributed by atoms with Crippen molar-refractivity contribution in [3.8, 4) is 0 Å². The molecule has 1 saturated carbocycles. The lowest BCUT2D eigenvalue weighted by molar-refractivity contribution is 0.267. The molecule has 0 aromatic carbocycles. The minimum absolute atomic E-state index is 0.381. The summed E-state index contributed by atoms with van der Waals surface area (Å²) in [6.07, 6.45) is 7.06. The SMILES string of the molecule is Cc1nc(C(C)N[C@H](C)C2CCCCC2)c(C)s1. The molecule has 1 unspecified atom stereocenters. The second-order valence-corrected chi connectivity index (χ2v) is 7.16. The summed E-state index contributed by atoms with van der Waals surface area (Å²) in [7, 11) is 0. The number of thiazole rings is 1. The molecule has 0 amide bonds. The highest BCUT2D eigenvalue weighted by Crippen LogP contribution is 2.28. The van der Waals surface area contributed by atoms with Gasteiger partial charge in [-0.15, -0.1) is 11.3 Å². The van der Waals surface area contributed by atoms with Crippen molar-refractivity contribution < 1.29 is 0 Å². The van der Waals surface area contributed by atoms with Crippen LogP contribution in [0.25, 0.3) is 0 Å². The molecule has 1 aromatic heterocycles. The summed E-state index contributed by atoms with van der Waals surface area (Å²) in [6, 6.07) is 0.994. The van der Waals surface area contributed by atoms with Crippen LogP contribution >= 0.6 is 11.3 Å². The largest absolute Gasteiger partial charge is 0.306 e. The van der Waals surface area contributed by atoms with Crippen molar-refractivity contribution >= 4 is 11.3 Å². The van der Waals surface area contributed by atoms with Gasteiger partial charge >= 0.3 is 0 Å². The number of aryl methyl sites for hydroxylation is 2. The Hall–Kier alpha value is -0.410. The lowest BCUT2D eigenvalue weighted by atomic mass is 9.84. The van der Waals surface area contributed by atoms with E-state index in [1.54, 1.807) is 0 Å². The highest BCUT2D eigenvalue weighted by Gasteiger charge is 2.22. The van der Waals surface area contributed by atoms with Crippen LogP contribution in [0.2, 0.25) is 0 Å². The molecule has 1 aliphatic carbocycles. The number of hydrogen-bond acceptors (Lipinski definition) is 3. The Kier molecular flexibility index (Phi) is 4.79. The predicted octanol–water partition coefficient (Wildman–Crippen LogP) is 4.38. The molecular weight excluding hydrogens is 240 g/mol. The van der Waals surface area contributed by atoms with Crippen LogP contribution in [-0.2, 0) is 0 Å². The highest BCUT2D eigenvalue weighted by molar-refractivity contribution is 7.11. The van der Waals surface area contributed by atoms with Gasteiger partial charge in [-0.25, -0.2) is 4.98 Å². The molecule has 0 spiro atoms. The first kappa shape index (κ1) is 14.0. The van der Waals surface area contributed by atoms with Gasteiger partial charge in [0.1, 0.15) is 0 Å². The van der Waals surface area contributed by atoms with Crippen LogP contribution in [0.1, 0.15) is 67.6 Å². The fourth-order valence-corrected chi connectivity index (χ4v) is 4.10. The maximum absolute atomic E-state index is 4.66. The lowest BCUT2D eigenvalue weighted by Crippen LogP contribution is -2.36. The van der Waals surface area contributed by atoms with E-state index >= 15 is 0 Å². The normalized spacial score (nSPS) is 20.9. The number of nitrogens with one attached hydrogen (secondary N) is 1. The Balaban J connectivity index is 1.93. The second-order valence-electron chi connectivity index (χ2n) is 5.75. The summed E-state index contributed by atoms with van der Waals surface area (Å²) in [5.41, 5.74) is 1.25. The van der Waals surface area contributed by atoms with Crippen molar-refractivity contribution in [2.75, 3.05) is 0 Å². The molecule has 1 N–H and O–H groups in total. The summed E-state index contributed by atoms with van der Waals surface area (Å²) in [4.78, 5) is 6.03. The lowest BCUT2D eigenvalue weighted by Gasteiger charge is -2.30. The maximum atomic E-state index is 4.66. The number of nitrogens with zero attached hydrogens (tertiary/aromatic N) is 1. The van der Waals surface area contributed by atoms with Crippen LogP contribution in [-0.4, -0.2) is 11.0 Å². The fourth-order valence-electron chi connectivity index (χ4n) is 3.19. The Bertz CT molecular complexity index is 380. The summed E-state index contributed by atoms with van der Waals surface area (Å²) < 4.78 is 0. The summed E-state index contributed by atoms with van der Waals surface area (Å²) >= 11 is 1.81. The zero-order valence-corrected chi connectivity index (χ0v) is 12.9. The molecular formula is C15H26N2S. The highest BCUT2D eigenvalue weighted by atomic mass is 32.1. The Morgan fingerprint density at radius 1 is 1.17 bits per heavy atom. The first-order chi connectivity index (χ1) is 8.58. The molecule has 1 aliphatic rings. The van der Waals surface area contributed by atoms with Crippen LogP contribution < -0.4 is 5.32 Å². The van der Waals surface area contributed by atoms with E-state index in [4.69, 9.17) is 0 Å². The van der Waals surface area contributed by atoms with E-state index in [-0.39, 0.29) is 0 Å². The molecule has 18 heavy (non-hydrogen) atoms. The van der Waals surface area contributed by atoms with Gasteiger partial charge in [-0.1, -0.05) is 19.3 Å².